The average molecular weight is 451 g/mol. The van der Waals surface area contributed by atoms with E-state index in [9.17, 15) is 17.6 Å². The molecule has 10 heteroatoms. The zero-order valence-corrected chi connectivity index (χ0v) is 17.8. The van der Waals surface area contributed by atoms with Crippen molar-refractivity contribution in [1.29, 1.82) is 0 Å². The molecular formula is C21H27FN4O4S. The summed E-state index contributed by atoms with van der Waals surface area (Å²) < 4.78 is 41.8. The molecule has 1 saturated carbocycles. The standard InChI is InChI=1S/C21H27FN4O4S/c22-18-3-1-2-16(9-18)17-10-19(13-24-12-17)31(29,30)26-20(21(27)25-28)8-14-4-6-15(11-23)7-5-14/h1-3,9-10,12-15,20,26,28H,4-8,11,23H2,(H,25,27)/t14?,15?,20-/m0/s1. The number of carbonyl (C=O) groups is 1. The summed E-state index contributed by atoms with van der Waals surface area (Å²) in [4.78, 5) is 16.0. The fourth-order valence-corrected chi connectivity index (χ4v) is 5.17. The van der Waals surface area contributed by atoms with Crippen LogP contribution in [0.1, 0.15) is 32.1 Å². The van der Waals surface area contributed by atoms with Crippen LogP contribution >= 0.6 is 0 Å². The van der Waals surface area contributed by atoms with E-state index in [-0.39, 0.29) is 17.2 Å². The van der Waals surface area contributed by atoms with E-state index in [1.165, 1.54) is 30.5 Å². The lowest BCUT2D eigenvalue weighted by Gasteiger charge is -2.30. The lowest BCUT2D eigenvalue weighted by atomic mass is 9.79. The fourth-order valence-electron chi connectivity index (χ4n) is 3.97. The number of hydrogen-bond donors (Lipinski definition) is 4. The molecule has 1 amide bonds. The summed E-state index contributed by atoms with van der Waals surface area (Å²) in [6.07, 6.45) is 6.40. The maximum atomic E-state index is 13.5. The highest BCUT2D eigenvalue weighted by Gasteiger charge is 2.30. The summed E-state index contributed by atoms with van der Waals surface area (Å²) in [7, 11) is -4.12. The van der Waals surface area contributed by atoms with Gasteiger partial charge in [0.25, 0.3) is 5.91 Å². The van der Waals surface area contributed by atoms with Crippen molar-refractivity contribution in [3.05, 3.63) is 48.5 Å². The quantitative estimate of drug-likeness (QED) is 0.360. The molecule has 1 heterocycles. The van der Waals surface area contributed by atoms with Gasteiger partial charge < -0.3 is 5.73 Å². The Bertz CT molecular complexity index is 1010. The van der Waals surface area contributed by atoms with Gasteiger partial charge in [-0.25, -0.2) is 18.3 Å². The summed E-state index contributed by atoms with van der Waals surface area (Å²) in [6, 6.07) is 5.96. The maximum Gasteiger partial charge on any atom is 0.261 e. The maximum absolute atomic E-state index is 13.5. The van der Waals surface area contributed by atoms with Crippen molar-refractivity contribution >= 4 is 15.9 Å². The van der Waals surface area contributed by atoms with Crippen LogP contribution in [0.2, 0.25) is 0 Å². The Labute approximate surface area is 181 Å². The van der Waals surface area contributed by atoms with E-state index in [1.807, 2.05) is 0 Å². The van der Waals surface area contributed by atoms with Crippen molar-refractivity contribution in [1.82, 2.24) is 15.2 Å². The molecule has 0 saturated heterocycles. The molecule has 31 heavy (non-hydrogen) atoms. The number of hydrogen-bond acceptors (Lipinski definition) is 6. The molecule has 168 valence electrons. The second kappa shape index (κ2) is 10.3. The molecule has 1 fully saturated rings. The molecule has 1 atom stereocenters. The number of amides is 1. The minimum absolute atomic E-state index is 0.143. The summed E-state index contributed by atoms with van der Waals surface area (Å²) in [6.45, 7) is 0.620. The smallest absolute Gasteiger partial charge is 0.261 e. The number of nitrogens with two attached hydrogens (primary N) is 1. The van der Waals surface area contributed by atoms with Crippen LogP contribution in [-0.4, -0.2) is 37.1 Å². The van der Waals surface area contributed by atoms with E-state index in [0.29, 0.717) is 23.6 Å². The second-order valence-electron chi connectivity index (χ2n) is 7.93. The van der Waals surface area contributed by atoms with E-state index < -0.39 is 27.8 Å². The minimum atomic E-state index is -4.12. The van der Waals surface area contributed by atoms with Gasteiger partial charge in [0.15, 0.2) is 0 Å². The van der Waals surface area contributed by atoms with E-state index in [0.717, 1.165) is 31.9 Å². The molecule has 0 radical (unpaired) electrons. The number of pyridine rings is 1. The van der Waals surface area contributed by atoms with Crippen molar-refractivity contribution in [3.63, 3.8) is 0 Å². The number of rotatable bonds is 8. The van der Waals surface area contributed by atoms with Crippen LogP contribution < -0.4 is 15.9 Å². The molecule has 8 nitrogen and oxygen atoms in total. The number of halogens is 1. The molecule has 1 aliphatic carbocycles. The zero-order valence-electron chi connectivity index (χ0n) is 17.0. The van der Waals surface area contributed by atoms with Gasteiger partial charge >= 0.3 is 0 Å². The Balaban J connectivity index is 1.78. The van der Waals surface area contributed by atoms with E-state index in [2.05, 4.69) is 9.71 Å². The van der Waals surface area contributed by atoms with Gasteiger partial charge in [-0.3, -0.25) is 15.0 Å². The number of hydroxylamine groups is 1. The Kier molecular flexibility index (Phi) is 7.71. The summed E-state index contributed by atoms with van der Waals surface area (Å²) >= 11 is 0. The fraction of sp³-hybridized carbons (Fsp3) is 0.429. The highest BCUT2D eigenvalue weighted by atomic mass is 32.2. The van der Waals surface area contributed by atoms with Gasteiger partial charge in [0.1, 0.15) is 16.8 Å². The molecule has 0 spiro atoms. The topological polar surface area (TPSA) is 134 Å². The molecule has 1 aromatic carbocycles. The molecule has 0 bridgehead atoms. The van der Waals surface area contributed by atoms with Crippen LogP contribution in [0.5, 0.6) is 0 Å². The summed E-state index contributed by atoms with van der Waals surface area (Å²) in [5.74, 6) is -0.675. The van der Waals surface area contributed by atoms with E-state index in [1.54, 1.807) is 11.5 Å². The lowest BCUT2D eigenvalue weighted by Crippen LogP contribution is -2.47. The number of nitrogens with zero attached hydrogens (tertiary/aromatic N) is 1. The van der Waals surface area contributed by atoms with Crippen LogP contribution in [0.4, 0.5) is 4.39 Å². The van der Waals surface area contributed by atoms with Crippen molar-refractivity contribution in [2.24, 2.45) is 17.6 Å². The van der Waals surface area contributed by atoms with Gasteiger partial charge in [-0.1, -0.05) is 25.0 Å². The summed E-state index contributed by atoms with van der Waals surface area (Å²) in [5, 5.41) is 9.10. The first-order valence-electron chi connectivity index (χ1n) is 10.2. The Hall–Kier alpha value is -2.40. The lowest BCUT2D eigenvalue weighted by molar-refractivity contribution is -0.131. The zero-order chi connectivity index (χ0) is 22.4. The van der Waals surface area contributed by atoms with E-state index >= 15 is 0 Å². The van der Waals surface area contributed by atoms with Crippen LogP contribution in [0.15, 0.2) is 47.6 Å². The van der Waals surface area contributed by atoms with Crippen LogP contribution in [0, 0.1) is 17.7 Å². The molecule has 5 N–H and O–H groups in total. The third kappa shape index (κ3) is 6.07. The number of nitrogens with one attached hydrogen (secondary N) is 2. The molecular weight excluding hydrogens is 423 g/mol. The van der Waals surface area contributed by atoms with Gasteiger partial charge in [0.05, 0.1) is 0 Å². The molecule has 3 rings (SSSR count). The molecule has 1 aliphatic rings. The van der Waals surface area contributed by atoms with Gasteiger partial charge in [-0.15, -0.1) is 0 Å². The molecule has 2 aromatic rings. The third-order valence-corrected chi connectivity index (χ3v) is 7.21. The van der Waals surface area contributed by atoms with Crippen molar-refractivity contribution < 1.29 is 22.8 Å². The number of carbonyl (C=O) groups excluding carboxylic acids is 1. The first kappa shape index (κ1) is 23.3. The van der Waals surface area contributed by atoms with Crippen LogP contribution in [0.3, 0.4) is 0 Å². The van der Waals surface area contributed by atoms with Gasteiger partial charge in [0, 0.05) is 18.0 Å². The minimum Gasteiger partial charge on any atom is -0.330 e. The molecule has 0 unspecified atom stereocenters. The third-order valence-electron chi connectivity index (χ3n) is 5.77. The summed E-state index contributed by atoms with van der Waals surface area (Å²) in [5.41, 5.74) is 8.16. The molecule has 1 aromatic heterocycles. The predicted octanol–water partition coefficient (Wildman–Crippen LogP) is 2.20. The Morgan fingerprint density at radius 3 is 2.52 bits per heavy atom. The highest BCUT2D eigenvalue weighted by molar-refractivity contribution is 7.89. The second-order valence-corrected chi connectivity index (χ2v) is 9.64. The SMILES string of the molecule is NCC1CCC(C[C@H](NS(=O)(=O)c2cncc(-c3cccc(F)c3)c2)C(=O)NO)CC1. The van der Waals surface area contributed by atoms with Crippen molar-refractivity contribution in [2.45, 2.75) is 43.0 Å². The van der Waals surface area contributed by atoms with E-state index in [4.69, 9.17) is 10.9 Å². The number of aromatic nitrogens is 1. The Morgan fingerprint density at radius 2 is 1.87 bits per heavy atom. The normalized spacial score (nSPS) is 20.2. The van der Waals surface area contributed by atoms with Crippen LogP contribution in [0.25, 0.3) is 11.1 Å². The number of sulfonamides is 1. The first-order valence-corrected chi connectivity index (χ1v) is 11.7. The monoisotopic (exact) mass is 450 g/mol. The predicted molar refractivity (Wildman–Crippen MR) is 113 cm³/mol. The van der Waals surface area contributed by atoms with Gasteiger partial charge in [-0.05, 0) is 61.4 Å². The number of benzene rings is 1. The van der Waals surface area contributed by atoms with Crippen LogP contribution in [-0.2, 0) is 14.8 Å². The largest absolute Gasteiger partial charge is 0.330 e. The van der Waals surface area contributed by atoms with Gasteiger partial charge in [0.2, 0.25) is 10.0 Å². The van der Waals surface area contributed by atoms with Crippen molar-refractivity contribution in [2.75, 3.05) is 6.54 Å². The first-order chi connectivity index (χ1) is 14.8. The average Bonchev–Trinajstić information content (AvgIpc) is 2.78. The highest BCUT2D eigenvalue weighted by Crippen LogP contribution is 2.31. The Morgan fingerprint density at radius 1 is 1.16 bits per heavy atom. The van der Waals surface area contributed by atoms with Crippen molar-refractivity contribution in [3.8, 4) is 11.1 Å². The van der Waals surface area contributed by atoms with Gasteiger partial charge in [-0.2, -0.15) is 4.72 Å². The molecule has 0 aliphatic heterocycles.